The lowest BCUT2D eigenvalue weighted by Gasteiger charge is -2.20. The summed E-state index contributed by atoms with van der Waals surface area (Å²) in [7, 11) is 0. The maximum atomic E-state index is 12.0. The van der Waals surface area contributed by atoms with Crippen molar-refractivity contribution in [1.82, 2.24) is 10.6 Å². The highest BCUT2D eigenvalue weighted by Gasteiger charge is 2.21. The van der Waals surface area contributed by atoms with Gasteiger partial charge in [-0.05, 0) is 25.7 Å². The molecular weight excluding hydrogens is 412 g/mol. The third-order valence-electron chi connectivity index (χ3n) is 6.16. The SMILES string of the molecule is O=C(NCCOCCOCCOCCOCCNC(=O)C1CCCCC1)C1CCCCC1. The van der Waals surface area contributed by atoms with Crippen LogP contribution in [0.1, 0.15) is 64.2 Å². The number of hydrogen-bond donors (Lipinski definition) is 2. The lowest BCUT2D eigenvalue weighted by atomic mass is 9.89. The second kappa shape index (κ2) is 18.2. The number of rotatable bonds is 17. The van der Waals surface area contributed by atoms with Gasteiger partial charge < -0.3 is 29.6 Å². The molecule has 0 aromatic carbocycles. The third-order valence-corrected chi connectivity index (χ3v) is 6.16. The molecule has 8 heteroatoms. The first-order valence-corrected chi connectivity index (χ1v) is 12.6. The molecule has 2 saturated carbocycles. The van der Waals surface area contributed by atoms with Gasteiger partial charge in [0.15, 0.2) is 0 Å². The minimum Gasteiger partial charge on any atom is -0.377 e. The maximum absolute atomic E-state index is 12.0. The molecule has 0 aromatic heterocycles. The van der Waals surface area contributed by atoms with Crippen LogP contribution < -0.4 is 10.6 Å². The van der Waals surface area contributed by atoms with Crippen LogP contribution in [0.5, 0.6) is 0 Å². The second-order valence-electron chi connectivity index (χ2n) is 8.70. The van der Waals surface area contributed by atoms with Crippen LogP contribution in [0.2, 0.25) is 0 Å². The normalized spacial score (nSPS) is 17.9. The van der Waals surface area contributed by atoms with Crippen molar-refractivity contribution in [3.05, 3.63) is 0 Å². The van der Waals surface area contributed by atoms with E-state index in [1.165, 1.54) is 38.5 Å². The predicted octanol–water partition coefficient (Wildman–Crippen LogP) is 2.45. The number of carbonyl (C=O) groups is 2. The molecule has 0 saturated heterocycles. The van der Waals surface area contributed by atoms with Crippen molar-refractivity contribution >= 4 is 11.8 Å². The van der Waals surface area contributed by atoms with Crippen molar-refractivity contribution in [3.63, 3.8) is 0 Å². The van der Waals surface area contributed by atoms with Gasteiger partial charge >= 0.3 is 0 Å². The van der Waals surface area contributed by atoms with E-state index in [4.69, 9.17) is 18.9 Å². The standard InChI is InChI=1S/C24H44N2O6/c27-23(21-7-3-1-4-8-21)25-11-13-29-15-17-31-19-20-32-18-16-30-14-12-26-24(28)22-9-5-2-6-10-22/h21-22H,1-20H2,(H,25,27)(H,26,28). The highest BCUT2D eigenvalue weighted by atomic mass is 16.6. The summed E-state index contributed by atoms with van der Waals surface area (Å²) in [6.07, 6.45) is 11.3. The summed E-state index contributed by atoms with van der Waals surface area (Å²) in [4.78, 5) is 24.0. The van der Waals surface area contributed by atoms with Crippen LogP contribution in [0, 0.1) is 11.8 Å². The molecule has 32 heavy (non-hydrogen) atoms. The summed E-state index contributed by atoms with van der Waals surface area (Å²) >= 11 is 0. The van der Waals surface area contributed by atoms with Gasteiger partial charge in [0.2, 0.25) is 11.8 Å². The molecular formula is C24H44N2O6. The van der Waals surface area contributed by atoms with E-state index in [1.807, 2.05) is 0 Å². The molecule has 8 nitrogen and oxygen atoms in total. The van der Waals surface area contributed by atoms with Crippen LogP contribution in [0.25, 0.3) is 0 Å². The number of nitrogens with one attached hydrogen (secondary N) is 2. The minimum atomic E-state index is 0.176. The Bertz CT molecular complexity index is 449. The van der Waals surface area contributed by atoms with E-state index in [1.54, 1.807) is 0 Å². The topological polar surface area (TPSA) is 95.1 Å². The molecule has 0 heterocycles. The van der Waals surface area contributed by atoms with E-state index in [2.05, 4.69) is 10.6 Å². The fourth-order valence-electron chi connectivity index (χ4n) is 4.27. The molecule has 2 amide bonds. The van der Waals surface area contributed by atoms with Crippen LogP contribution in [-0.4, -0.2) is 77.8 Å². The number of carbonyl (C=O) groups excluding carboxylic acids is 2. The van der Waals surface area contributed by atoms with Crippen molar-refractivity contribution in [1.29, 1.82) is 0 Å². The van der Waals surface area contributed by atoms with E-state index in [-0.39, 0.29) is 23.7 Å². The largest absolute Gasteiger partial charge is 0.377 e. The second-order valence-corrected chi connectivity index (χ2v) is 8.70. The van der Waals surface area contributed by atoms with Gasteiger partial charge in [-0.25, -0.2) is 0 Å². The molecule has 2 fully saturated rings. The minimum absolute atomic E-state index is 0.176. The lowest BCUT2D eigenvalue weighted by Crippen LogP contribution is -2.34. The first-order chi connectivity index (χ1) is 15.8. The third kappa shape index (κ3) is 12.7. The van der Waals surface area contributed by atoms with Gasteiger partial charge in [-0.15, -0.1) is 0 Å². The Balaban J connectivity index is 1.25. The fourth-order valence-corrected chi connectivity index (χ4v) is 4.27. The first kappa shape index (κ1) is 27.0. The molecule has 2 aliphatic carbocycles. The summed E-state index contributed by atoms with van der Waals surface area (Å²) < 4.78 is 21.9. The summed E-state index contributed by atoms with van der Waals surface area (Å²) in [5.74, 6) is 0.749. The van der Waals surface area contributed by atoms with E-state index < -0.39 is 0 Å². The van der Waals surface area contributed by atoms with Gasteiger partial charge in [0.05, 0.1) is 52.9 Å². The van der Waals surface area contributed by atoms with Crippen LogP contribution in [0.3, 0.4) is 0 Å². The molecule has 0 atom stereocenters. The Morgan fingerprint density at radius 1 is 0.500 bits per heavy atom. The number of amides is 2. The zero-order valence-electron chi connectivity index (χ0n) is 19.7. The van der Waals surface area contributed by atoms with Gasteiger partial charge in [0.25, 0.3) is 0 Å². The maximum Gasteiger partial charge on any atom is 0.223 e. The number of ether oxygens (including phenoxy) is 4. The Morgan fingerprint density at radius 2 is 0.812 bits per heavy atom. The van der Waals surface area contributed by atoms with Crippen molar-refractivity contribution in [2.45, 2.75) is 64.2 Å². The average Bonchev–Trinajstić information content (AvgIpc) is 2.84. The van der Waals surface area contributed by atoms with Crippen molar-refractivity contribution in [2.24, 2.45) is 11.8 Å². The van der Waals surface area contributed by atoms with E-state index >= 15 is 0 Å². The van der Waals surface area contributed by atoms with Crippen LogP contribution >= 0.6 is 0 Å². The highest BCUT2D eigenvalue weighted by molar-refractivity contribution is 5.79. The van der Waals surface area contributed by atoms with Gasteiger partial charge in [-0.2, -0.15) is 0 Å². The quantitative estimate of drug-likeness (QED) is 0.327. The van der Waals surface area contributed by atoms with E-state index in [0.717, 1.165) is 25.7 Å². The Labute approximate surface area is 193 Å². The van der Waals surface area contributed by atoms with Gasteiger partial charge in [-0.1, -0.05) is 38.5 Å². The van der Waals surface area contributed by atoms with Gasteiger partial charge in [0, 0.05) is 24.9 Å². The van der Waals surface area contributed by atoms with Gasteiger partial charge in [0.1, 0.15) is 0 Å². The monoisotopic (exact) mass is 456 g/mol. The first-order valence-electron chi connectivity index (χ1n) is 12.6. The molecule has 2 rings (SSSR count). The molecule has 0 radical (unpaired) electrons. The molecule has 0 unspecified atom stereocenters. The van der Waals surface area contributed by atoms with E-state index in [0.29, 0.717) is 65.9 Å². The van der Waals surface area contributed by atoms with Crippen molar-refractivity contribution in [2.75, 3.05) is 65.9 Å². The smallest absolute Gasteiger partial charge is 0.223 e. The van der Waals surface area contributed by atoms with Gasteiger partial charge in [-0.3, -0.25) is 9.59 Å². The molecule has 0 aliphatic heterocycles. The molecule has 0 bridgehead atoms. The Kier molecular flexibility index (Phi) is 15.4. The average molecular weight is 457 g/mol. The zero-order chi connectivity index (χ0) is 22.7. The molecule has 2 aliphatic rings. The highest BCUT2D eigenvalue weighted by Crippen LogP contribution is 2.24. The fraction of sp³-hybridized carbons (Fsp3) is 0.917. The summed E-state index contributed by atoms with van der Waals surface area (Å²) in [6, 6.07) is 0. The molecule has 0 aromatic rings. The summed E-state index contributed by atoms with van der Waals surface area (Å²) in [5.41, 5.74) is 0. The molecule has 0 spiro atoms. The van der Waals surface area contributed by atoms with Crippen molar-refractivity contribution in [3.8, 4) is 0 Å². The summed E-state index contributed by atoms with van der Waals surface area (Å²) in [5, 5.41) is 5.92. The molecule has 2 N–H and O–H groups in total. The molecule has 186 valence electrons. The van der Waals surface area contributed by atoms with Crippen molar-refractivity contribution < 1.29 is 28.5 Å². The van der Waals surface area contributed by atoms with E-state index in [9.17, 15) is 9.59 Å². The Morgan fingerprint density at radius 3 is 1.16 bits per heavy atom. The Hall–Kier alpha value is -1.22. The number of hydrogen-bond acceptors (Lipinski definition) is 6. The van der Waals surface area contributed by atoms with Crippen LogP contribution in [0.4, 0.5) is 0 Å². The van der Waals surface area contributed by atoms with Crippen LogP contribution in [0.15, 0.2) is 0 Å². The summed E-state index contributed by atoms with van der Waals surface area (Å²) in [6.45, 7) is 5.20. The predicted molar refractivity (Wildman–Crippen MR) is 122 cm³/mol. The zero-order valence-corrected chi connectivity index (χ0v) is 19.7. The lowest BCUT2D eigenvalue weighted by molar-refractivity contribution is -0.127. The van der Waals surface area contributed by atoms with Crippen LogP contribution in [-0.2, 0) is 28.5 Å².